The first-order chi connectivity index (χ1) is 14.3. The lowest BCUT2D eigenvalue weighted by Crippen LogP contribution is -2.51. The predicted molar refractivity (Wildman–Crippen MR) is 111 cm³/mol. The van der Waals surface area contributed by atoms with Gasteiger partial charge in [-0.2, -0.15) is 8.78 Å². The highest BCUT2D eigenvalue weighted by Crippen LogP contribution is 2.38. The normalized spacial score (nSPS) is 18.3. The average Bonchev–Trinajstić information content (AvgIpc) is 2.65. The van der Waals surface area contributed by atoms with Gasteiger partial charge in [0.25, 0.3) is 0 Å². The van der Waals surface area contributed by atoms with Crippen molar-refractivity contribution in [1.82, 2.24) is 4.98 Å². The van der Waals surface area contributed by atoms with Crippen molar-refractivity contribution in [3.8, 4) is 5.88 Å². The number of hydrogen-bond acceptors (Lipinski definition) is 4. The van der Waals surface area contributed by atoms with E-state index in [0.717, 1.165) is 11.3 Å². The van der Waals surface area contributed by atoms with Crippen LogP contribution < -0.4 is 15.0 Å². The van der Waals surface area contributed by atoms with Gasteiger partial charge in [-0.25, -0.2) is 9.78 Å². The summed E-state index contributed by atoms with van der Waals surface area (Å²) < 4.78 is 30.1. The minimum absolute atomic E-state index is 0.0754. The molecule has 1 aromatic carbocycles. The third kappa shape index (κ3) is 4.87. The number of pyridine rings is 1. The Labute approximate surface area is 174 Å². The van der Waals surface area contributed by atoms with E-state index in [1.54, 1.807) is 17.9 Å². The number of aliphatic hydroxyl groups excluding tert-OH is 1. The lowest BCUT2D eigenvalue weighted by molar-refractivity contribution is -0.0523. The molecule has 0 radical (unpaired) electrons. The topological polar surface area (TPSA) is 74.7 Å². The number of nitrogens with one attached hydrogen (secondary N) is 1. The van der Waals surface area contributed by atoms with Gasteiger partial charge in [0, 0.05) is 24.0 Å². The van der Waals surface area contributed by atoms with Crippen LogP contribution in [0.5, 0.6) is 5.88 Å². The standard InChI is InChI=1S/C22H27F2N3O3/c1-13(2)17-6-4-5-7-19(17)27(16-10-15(11-16)12-28)22(29)26-18-9-8-14(3)25-20(18)30-21(23)24/h4-9,13,15-16,21,28H,10-12H2,1-3H3,(H,26,29). The fraction of sp³-hybridized carbons (Fsp3) is 0.455. The third-order valence-corrected chi connectivity index (χ3v) is 5.31. The summed E-state index contributed by atoms with van der Waals surface area (Å²) >= 11 is 0. The molecule has 1 heterocycles. The molecule has 0 saturated heterocycles. The number of benzene rings is 1. The highest BCUT2D eigenvalue weighted by molar-refractivity contribution is 6.03. The molecule has 3 rings (SSSR count). The first-order valence-corrected chi connectivity index (χ1v) is 10.0. The van der Waals surface area contributed by atoms with Crippen molar-refractivity contribution in [1.29, 1.82) is 0 Å². The van der Waals surface area contributed by atoms with E-state index in [9.17, 15) is 18.7 Å². The first kappa shape index (κ1) is 22.0. The molecule has 0 unspecified atom stereocenters. The molecule has 1 fully saturated rings. The first-order valence-electron chi connectivity index (χ1n) is 10.0. The van der Waals surface area contributed by atoms with E-state index in [-0.39, 0.29) is 36.1 Å². The van der Waals surface area contributed by atoms with Crippen LogP contribution in [0, 0.1) is 12.8 Å². The maximum absolute atomic E-state index is 13.3. The second kappa shape index (κ2) is 9.38. The molecule has 2 N–H and O–H groups in total. The van der Waals surface area contributed by atoms with Crippen LogP contribution in [-0.4, -0.2) is 35.4 Å². The Hall–Kier alpha value is -2.74. The Bertz CT molecular complexity index is 886. The van der Waals surface area contributed by atoms with E-state index in [1.165, 1.54) is 6.07 Å². The lowest BCUT2D eigenvalue weighted by atomic mass is 9.79. The number of aryl methyl sites for hydroxylation is 1. The van der Waals surface area contributed by atoms with Gasteiger partial charge in [0.1, 0.15) is 5.69 Å². The van der Waals surface area contributed by atoms with Gasteiger partial charge in [0.15, 0.2) is 0 Å². The Kier molecular flexibility index (Phi) is 6.87. The fourth-order valence-corrected chi connectivity index (χ4v) is 3.71. The monoisotopic (exact) mass is 419 g/mol. The number of anilines is 2. The van der Waals surface area contributed by atoms with Crippen LogP contribution in [0.25, 0.3) is 0 Å². The molecule has 30 heavy (non-hydrogen) atoms. The van der Waals surface area contributed by atoms with Gasteiger partial charge in [-0.3, -0.25) is 4.90 Å². The van der Waals surface area contributed by atoms with Crippen LogP contribution in [0.3, 0.4) is 0 Å². The summed E-state index contributed by atoms with van der Waals surface area (Å²) in [5, 5.41) is 12.1. The number of carbonyl (C=O) groups excluding carboxylic acids is 1. The number of rotatable bonds is 7. The number of alkyl halides is 2. The van der Waals surface area contributed by atoms with E-state index in [0.29, 0.717) is 18.5 Å². The number of aliphatic hydroxyl groups is 1. The number of carbonyl (C=O) groups is 1. The van der Waals surface area contributed by atoms with Crippen molar-refractivity contribution in [2.75, 3.05) is 16.8 Å². The van der Waals surface area contributed by atoms with Gasteiger partial charge in [-0.15, -0.1) is 0 Å². The summed E-state index contributed by atoms with van der Waals surface area (Å²) in [6.07, 6.45) is 1.34. The zero-order valence-electron chi connectivity index (χ0n) is 17.3. The van der Waals surface area contributed by atoms with E-state index >= 15 is 0 Å². The molecule has 0 spiro atoms. The number of nitrogens with zero attached hydrogens (tertiary/aromatic N) is 2. The maximum Gasteiger partial charge on any atom is 0.388 e. The largest absolute Gasteiger partial charge is 0.415 e. The van der Waals surface area contributed by atoms with E-state index < -0.39 is 12.6 Å². The van der Waals surface area contributed by atoms with Gasteiger partial charge in [0.2, 0.25) is 5.88 Å². The van der Waals surface area contributed by atoms with Crippen molar-refractivity contribution >= 4 is 17.4 Å². The molecule has 0 atom stereocenters. The summed E-state index contributed by atoms with van der Waals surface area (Å²) in [7, 11) is 0. The summed E-state index contributed by atoms with van der Waals surface area (Å²) in [5.74, 6) is 0.0107. The predicted octanol–water partition coefficient (Wildman–Crippen LogP) is 4.92. The van der Waals surface area contributed by atoms with Gasteiger partial charge in [-0.05, 0) is 55.4 Å². The van der Waals surface area contributed by atoms with Crippen molar-refractivity contribution in [2.24, 2.45) is 5.92 Å². The summed E-state index contributed by atoms with van der Waals surface area (Å²) in [4.78, 5) is 19.0. The van der Waals surface area contributed by atoms with Crippen molar-refractivity contribution in [3.05, 3.63) is 47.7 Å². The fourth-order valence-electron chi connectivity index (χ4n) is 3.71. The van der Waals surface area contributed by atoms with Gasteiger partial charge in [-0.1, -0.05) is 32.0 Å². The minimum atomic E-state index is -3.05. The summed E-state index contributed by atoms with van der Waals surface area (Å²) in [5.41, 5.74) is 2.35. The second-order valence-corrected chi connectivity index (χ2v) is 7.87. The molecule has 162 valence electrons. The third-order valence-electron chi connectivity index (χ3n) is 5.31. The van der Waals surface area contributed by atoms with Crippen LogP contribution in [-0.2, 0) is 0 Å². The van der Waals surface area contributed by atoms with Crippen molar-refractivity contribution < 1.29 is 23.4 Å². The van der Waals surface area contributed by atoms with Crippen molar-refractivity contribution in [3.63, 3.8) is 0 Å². The maximum atomic E-state index is 13.3. The summed E-state index contributed by atoms with van der Waals surface area (Å²) in [6.45, 7) is 2.77. The highest BCUT2D eigenvalue weighted by atomic mass is 19.3. The smallest absolute Gasteiger partial charge is 0.388 e. The number of urea groups is 1. The number of hydrogen-bond donors (Lipinski definition) is 2. The molecule has 0 aliphatic heterocycles. The highest BCUT2D eigenvalue weighted by Gasteiger charge is 2.37. The molecule has 8 heteroatoms. The van der Waals surface area contributed by atoms with Crippen LogP contribution >= 0.6 is 0 Å². The van der Waals surface area contributed by atoms with Gasteiger partial charge >= 0.3 is 12.6 Å². The zero-order valence-corrected chi connectivity index (χ0v) is 17.3. The van der Waals surface area contributed by atoms with Crippen LogP contribution in [0.1, 0.15) is 43.9 Å². The van der Waals surface area contributed by atoms with Gasteiger partial charge < -0.3 is 15.2 Å². The molecule has 2 aromatic rings. The molecular formula is C22H27F2N3O3. The number of amides is 2. The minimum Gasteiger partial charge on any atom is -0.415 e. The number of aromatic nitrogens is 1. The molecule has 0 bridgehead atoms. The Balaban J connectivity index is 1.93. The number of halogens is 2. The quantitative estimate of drug-likeness (QED) is 0.668. The molecule has 2 amide bonds. The lowest BCUT2D eigenvalue weighted by Gasteiger charge is -2.43. The van der Waals surface area contributed by atoms with Crippen molar-refractivity contribution in [2.45, 2.75) is 52.2 Å². The molecule has 1 aliphatic rings. The van der Waals surface area contributed by atoms with E-state index in [2.05, 4.69) is 15.0 Å². The van der Waals surface area contributed by atoms with Crippen LogP contribution in [0.15, 0.2) is 36.4 Å². The Morgan fingerprint density at radius 3 is 2.60 bits per heavy atom. The summed E-state index contributed by atoms with van der Waals surface area (Å²) in [6, 6.07) is 10.2. The van der Waals surface area contributed by atoms with Crippen LogP contribution in [0.2, 0.25) is 0 Å². The molecule has 1 aromatic heterocycles. The Morgan fingerprint density at radius 1 is 1.27 bits per heavy atom. The Morgan fingerprint density at radius 2 is 1.97 bits per heavy atom. The van der Waals surface area contributed by atoms with E-state index in [1.807, 2.05) is 38.1 Å². The number of para-hydroxylation sites is 1. The average molecular weight is 419 g/mol. The SMILES string of the molecule is Cc1ccc(NC(=O)N(c2ccccc2C(C)C)C2CC(CO)C2)c(OC(F)F)n1. The van der Waals surface area contributed by atoms with Gasteiger partial charge in [0.05, 0.1) is 0 Å². The van der Waals surface area contributed by atoms with E-state index in [4.69, 9.17) is 0 Å². The number of ether oxygens (including phenoxy) is 1. The second-order valence-electron chi connectivity index (χ2n) is 7.87. The molecular weight excluding hydrogens is 392 g/mol. The zero-order chi connectivity index (χ0) is 21.8. The molecule has 1 aliphatic carbocycles. The molecule has 1 saturated carbocycles. The molecule has 6 nitrogen and oxygen atoms in total. The van der Waals surface area contributed by atoms with Crippen LogP contribution in [0.4, 0.5) is 25.0 Å².